The zero-order valence-electron chi connectivity index (χ0n) is 10.7. The van der Waals surface area contributed by atoms with Gasteiger partial charge >= 0.3 is 0 Å². The van der Waals surface area contributed by atoms with E-state index in [1.54, 1.807) is 18.2 Å². The van der Waals surface area contributed by atoms with E-state index < -0.39 is 6.29 Å². The molecule has 0 unspecified atom stereocenters. The van der Waals surface area contributed by atoms with Crippen LogP contribution in [0.1, 0.15) is 24.2 Å². The zero-order valence-corrected chi connectivity index (χ0v) is 10.7. The van der Waals surface area contributed by atoms with Crippen molar-refractivity contribution in [3.05, 3.63) is 29.8 Å². The van der Waals surface area contributed by atoms with Gasteiger partial charge in [0.1, 0.15) is 5.75 Å². The van der Waals surface area contributed by atoms with Crippen LogP contribution in [0.15, 0.2) is 24.3 Å². The van der Waals surface area contributed by atoms with Gasteiger partial charge in [0.05, 0.1) is 12.1 Å². The summed E-state index contributed by atoms with van der Waals surface area (Å²) in [7, 11) is 0. The Morgan fingerprint density at radius 3 is 2.44 bits per heavy atom. The number of hydrogen-bond donors (Lipinski definition) is 2. The van der Waals surface area contributed by atoms with E-state index in [0.717, 1.165) is 0 Å². The van der Waals surface area contributed by atoms with Crippen LogP contribution in [0, 0.1) is 0 Å². The minimum atomic E-state index is -0.463. The van der Waals surface area contributed by atoms with Gasteiger partial charge in [-0.2, -0.15) is 0 Å². The lowest BCUT2D eigenvalue weighted by atomic mass is 10.2. The summed E-state index contributed by atoms with van der Waals surface area (Å²) >= 11 is 0. The number of para-hydroxylation sites is 1. The number of hydrogen-bond acceptors (Lipinski definition) is 4. The maximum Gasteiger partial charge on any atom is 0.255 e. The third-order valence-corrected chi connectivity index (χ3v) is 2.28. The molecule has 0 saturated carbocycles. The van der Waals surface area contributed by atoms with Crippen molar-refractivity contribution in [1.29, 1.82) is 0 Å². The predicted molar refractivity (Wildman–Crippen MR) is 67.5 cm³/mol. The molecular formula is C13H19NO4. The van der Waals surface area contributed by atoms with Crippen molar-refractivity contribution in [2.45, 2.75) is 20.1 Å². The average molecular weight is 253 g/mol. The van der Waals surface area contributed by atoms with Gasteiger partial charge < -0.3 is 19.9 Å². The largest absolute Gasteiger partial charge is 0.507 e. The average Bonchev–Trinajstić information content (AvgIpc) is 2.36. The lowest BCUT2D eigenvalue weighted by Crippen LogP contribution is -2.35. The summed E-state index contributed by atoms with van der Waals surface area (Å²) in [5, 5.41) is 12.2. The standard InChI is InChI=1S/C13H19NO4/c1-3-17-12(18-4-2)9-14-13(16)10-7-5-6-8-11(10)15/h5-8,12,15H,3-4,9H2,1-2H3,(H,14,16). The SMILES string of the molecule is CCOC(CNC(=O)c1ccccc1O)OCC. The van der Waals surface area contributed by atoms with Crippen LogP contribution in [0.2, 0.25) is 0 Å². The predicted octanol–water partition coefficient (Wildman–Crippen LogP) is 1.52. The molecule has 5 heteroatoms. The van der Waals surface area contributed by atoms with Crippen LogP contribution in [0.25, 0.3) is 0 Å². The normalized spacial score (nSPS) is 10.6. The maximum atomic E-state index is 11.8. The first-order valence-electron chi connectivity index (χ1n) is 5.98. The van der Waals surface area contributed by atoms with Gasteiger partial charge in [-0.3, -0.25) is 4.79 Å². The highest BCUT2D eigenvalue weighted by Gasteiger charge is 2.13. The molecule has 0 spiro atoms. The summed E-state index contributed by atoms with van der Waals surface area (Å²) in [6.07, 6.45) is -0.463. The minimum absolute atomic E-state index is 0.0423. The molecule has 0 atom stereocenters. The molecule has 0 fully saturated rings. The second kappa shape index (κ2) is 7.68. The van der Waals surface area contributed by atoms with Gasteiger partial charge in [-0.1, -0.05) is 12.1 Å². The second-order valence-electron chi connectivity index (χ2n) is 3.57. The number of carbonyl (C=O) groups is 1. The van der Waals surface area contributed by atoms with Gasteiger partial charge in [-0.15, -0.1) is 0 Å². The molecule has 100 valence electrons. The molecular weight excluding hydrogens is 234 g/mol. The van der Waals surface area contributed by atoms with Crippen LogP contribution >= 0.6 is 0 Å². The summed E-state index contributed by atoms with van der Waals surface area (Å²) in [6, 6.07) is 6.38. The van der Waals surface area contributed by atoms with Crippen molar-refractivity contribution in [1.82, 2.24) is 5.32 Å². The van der Waals surface area contributed by atoms with Crippen LogP contribution in [-0.4, -0.2) is 37.1 Å². The van der Waals surface area contributed by atoms with Crippen molar-refractivity contribution < 1.29 is 19.4 Å². The van der Waals surface area contributed by atoms with Crippen LogP contribution in [0.3, 0.4) is 0 Å². The molecule has 0 saturated heterocycles. The number of carbonyl (C=O) groups excluding carboxylic acids is 1. The van der Waals surface area contributed by atoms with Gasteiger partial charge in [0.15, 0.2) is 6.29 Å². The maximum absolute atomic E-state index is 11.8. The topological polar surface area (TPSA) is 67.8 Å². The van der Waals surface area contributed by atoms with Gasteiger partial charge in [0.2, 0.25) is 0 Å². The molecule has 0 aliphatic rings. The molecule has 0 bridgehead atoms. The number of nitrogens with one attached hydrogen (secondary N) is 1. The number of aromatic hydroxyl groups is 1. The number of rotatable bonds is 7. The Kier molecular flexibility index (Phi) is 6.18. The van der Waals surface area contributed by atoms with Gasteiger partial charge in [-0.25, -0.2) is 0 Å². The Bertz CT molecular complexity index is 375. The Labute approximate surface area is 107 Å². The number of benzene rings is 1. The molecule has 0 aliphatic carbocycles. The van der Waals surface area contributed by atoms with Crippen molar-refractivity contribution in [2.75, 3.05) is 19.8 Å². The van der Waals surface area contributed by atoms with Crippen LogP contribution in [0.4, 0.5) is 0 Å². The second-order valence-corrected chi connectivity index (χ2v) is 3.57. The molecule has 1 aromatic rings. The van der Waals surface area contributed by atoms with Gasteiger partial charge in [0.25, 0.3) is 5.91 Å². The van der Waals surface area contributed by atoms with Crippen molar-refractivity contribution in [3.8, 4) is 5.75 Å². The lowest BCUT2D eigenvalue weighted by molar-refractivity contribution is -0.131. The smallest absolute Gasteiger partial charge is 0.255 e. The molecule has 5 nitrogen and oxygen atoms in total. The number of ether oxygens (including phenoxy) is 2. The zero-order chi connectivity index (χ0) is 13.4. The third kappa shape index (κ3) is 4.35. The monoisotopic (exact) mass is 253 g/mol. The Hall–Kier alpha value is -1.59. The summed E-state index contributed by atoms with van der Waals surface area (Å²) in [5.41, 5.74) is 0.240. The Balaban J connectivity index is 2.52. The lowest BCUT2D eigenvalue weighted by Gasteiger charge is -2.17. The Morgan fingerprint density at radius 2 is 1.89 bits per heavy atom. The fourth-order valence-electron chi connectivity index (χ4n) is 1.47. The number of amides is 1. The molecule has 18 heavy (non-hydrogen) atoms. The van der Waals surface area contributed by atoms with E-state index in [0.29, 0.717) is 13.2 Å². The van der Waals surface area contributed by atoms with Crippen LogP contribution in [-0.2, 0) is 9.47 Å². The first-order chi connectivity index (χ1) is 8.69. The van der Waals surface area contributed by atoms with E-state index in [1.807, 2.05) is 13.8 Å². The fourth-order valence-corrected chi connectivity index (χ4v) is 1.47. The highest BCUT2D eigenvalue weighted by molar-refractivity contribution is 5.96. The number of phenols is 1. The summed E-state index contributed by atoms with van der Waals surface area (Å²) in [5.74, 6) is -0.392. The van der Waals surface area contributed by atoms with Crippen LogP contribution in [0.5, 0.6) is 5.75 Å². The van der Waals surface area contributed by atoms with E-state index in [1.165, 1.54) is 6.07 Å². The van der Waals surface area contributed by atoms with Crippen molar-refractivity contribution >= 4 is 5.91 Å². The molecule has 2 N–H and O–H groups in total. The highest BCUT2D eigenvalue weighted by Crippen LogP contribution is 2.14. The molecule has 1 amide bonds. The van der Waals surface area contributed by atoms with E-state index in [9.17, 15) is 9.90 Å². The summed E-state index contributed by atoms with van der Waals surface area (Å²) < 4.78 is 10.6. The molecule has 0 heterocycles. The first kappa shape index (κ1) is 14.5. The minimum Gasteiger partial charge on any atom is -0.507 e. The highest BCUT2D eigenvalue weighted by atomic mass is 16.7. The van der Waals surface area contributed by atoms with E-state index in [2.05, 4.69) is 5.32 Å². The van der Waals surface area contributed by atoms with E-state index in [4.69, 9.17) is 9.47 Å². The van der Waals surface area contributed by atoms with Crippen molar-refractivity contribution in [3.63, 3.8) is 0 Å². The van der Waals surface area contributed by atoms with Gasteiger partial charge in [-0.05, 0) is 26.0 Å². The molecule has 0 aliphatic heterocycles. The first-order valence-corrected chi connectivity index (χ1v) is 5.98. The number of phenolic OH excluding ortho intramolecular Hbond substituents is 1. The Morgan fingerprint density at radius 1 is 1.28 bits per heavy atom. The third-order valence-electron chi connectivity index (χ3n) is 2.28. The summed E-state index contributed by atoms with van der Waals surface area (Å²) in [4.78, 5) is 11.8. The molecule has 1 aromatic carbocycles. The quantitative estimate of drug-likeness (QED) is 0.723. The molecule has 1 rings (SSSR count). The fraction of sp³-hybridized carbons (Fsp3) is 0.462. The van der Waals surface area contributed by atoms with Crippen LogP contribution < -0.4 is 5.32 Å². The molecule has 0 radical (unpaired) electrons. The van der Waals surface area contributed by atoms with E-state index in [-0.39, 0.29) is 23.8 Å². The molecule has 0 aromatic heterocycles. The van der Waals surface area contributed by atoms with E-state index >= 15 is 0 Å². The summed E-state index contributed by atoms with van der Waals surface area (Å²) in [6.45, 7) is 4.98. The van der Waals surface area contributed by atoms with Crippen molar-refractivity contribution in [2.24, 2.45) is 0 Å². The van der Waals surface area contributed by atoms with Gasteiger partial charge in [0, 0.05) is 13.2 Å².